The molecule has 2 rings (SSSR count). The third-order valence-corrected chi connectivity index (χ3v) is 6.03. The van der Waals surface area contributed by atoms with E-state index in [1.807, 2.05) is 42.6 Å². The van der Waals surface area contributed by atoms with Crippen molar-refractivity contribution in [1.82, 2.24) is 5.43 Å². The molecule has 1 aromatic carbocycles. The van der Waals surface area contributed by atoms with E-state index in [1.165, 1.54) is 56.3 Å². The first-order valence-corrected chi connectivity index (χ1v) is 12.3. The van der Waals surface area contributed by atoms with Gasteiger partial charge >= 0.3 is 0 Å². The minimum atomic E-state index is -0.114. The van der Waals surface area contributed by atoms with Gasteiger partial charge in [0.1, 0.15) is 0 Å². The molecule has 6 heteroatoms. The average Bonchev–Trinajstić information content (AvgIpc) is 3.32. The third kappa shape index (κ3) is 9.92. The number of thiophene rings is 1. The molecule has 0 bridgehead atoms. The molecule has 0 aliphatic rings. The van der Waals surface area contributed by atoms with Crippen LogP contribution in [0.2, 0.25) is 0 Å². The predicted octanol–water partition coefficient (Wildman–Crippen LogP) is 6.76. The number of amides is 2. The van der Waals surface area contributed by atoms with Gasteiger partial charge in [-0.2, -0.15) is 5.10 Å². The zero-order valence-corrected chi connectivity index (χ0v) is 19.6. The zero-order chi connectivity index (χ0) is 22.3. The highest BCUT2D eigenvalue weighted by molar-refractivity contribution is 7.12. The molecule has 0 unspecified atom stereocenters. The Hall–Kier alpha value is -2.47. The Bertz CT molecular complexity index is 814. The molecule has 2 N–H and O–H groups in total. The summed E-state index contributed by atoms with van der Waals surface area (Å²) in [5.74, 6) is -0.154. The largest absolute Gasteiger partial charge is 0.321 e. The molecule has 0 saturated carbocycles. The number of anilines is 1. The van der Waals surface area contributed by atoms with Crippen LogP contribution in [0.4, 0.5) is 5.69 Å². The number of hydrogen-bond donors (Lipinski definition) is 2. The van der Waals surface area contributed by atoms with E-state index < -0.39 is 0 Å². The second-order valence-electron chi connectivity index (χ2n) is 7.82. The highest BCUT2D eigenvalue weighted by Crippen LogP contribution is 2.15. The van der Waals surface area contributed by atoms with Gasteiger partial charge in [-0.05, 0) is 42.5 Å². The predicted molar refractivity (Wildman–Crippen MR) is 131 cm³/mol. The van der Waals surface area contributed by atoms with Crippen molar-refractivity contribution >= 4 is 34.6 Å². The zero-order valence-electron chi connectivity index (χ0n) is 18.8. The van der Waals surface area contributed by atoms with Crippen LogP contribution in [-0.4, -0.2) is 17.5 Å². The van der Waals surface area contributed by atoms with Crippen LogP contribution in [0.15, 0.2) is 46.9 Å². The number of carbonyl (C=O) groups is 2. The molecule has 0 aliphatic heterocycles. The lowest BCUT2D eigenvalue weighted by atomic mass is 10.1. The SMILES string of the molecule is CCCCCCCCCCCC(=O)NN=C(C)c1ccc(NC(=O)c2cccs2)cc1. The lowest BCUT2D eigenvalue weighted by Gasteiger charge is -2.06. The summed E-state index contributed by atoms with van der Waals surface area (Å²) < 4.78 is 0. The molecular formula is C25H35N3O2S. The minimum absolute atomic E-state index is 0.0397. The van der Waals surface area contributed by atoms with Crippen molar-refractivity contribution in [3.63, 3.8) is 0 Å². The molecule has 0 fully saturated rings. The number of carbonyl (C=O) groups excluding carboxylic acids is 2. The van der Waals surface area contributed by atoms with Crippen molar-refractivity contribution in [2.24, 2.45) is 5.10 Å². The Morgan fingerprint density at radius 1 is 0.903 bits per heavy atom. The first-order valence-electron chi connectivity index (χ1n) is 11.4. The second-order valence-corrected chi connectivity index (χ2v) is 8.77. The molecule has 0 saturated heterocycles. The van der Waals surface area contributed by atoms with Crippen LogP contribution >= 0.6 is 11.3 Å². The quantitative estimate of drug-likeness (QED) is 0.193. The van der Waals surface area contributed by atoms with Crippen molar-refractivity contribution in [3.05, 3.63) is 52.2 Å². The summed E-state index contributed by atoms with van der Waals surface area (Å²) in [5, 5.41) is 8.96. The van der Waals surface area contributed by atoms with Gasteiger partial charge in [-0.3, -0.25) is 9.59 Å². The summed E-state index contributed by atoms with van der Waals surface area (Å²) >= 11 is 1.41. The number of nitrogens with one attached hydrogen (secondary N) is 2. The number of hydrazone groups is 1. The molecule has 5 nitrogen and oxygen atoms in total. The molecule has 0 radical (unpaired) electrons. The maximum atomic E-state index is 12.1. The van der Waals surface area contributed by atoms with Gasteiger partial charge in [0.2, 0.25) is 5.91 Å². The average molecular weight is 442 g/mol. The van der Waals surface area contributed by atoms with E-state index in [0.29, 0.717) is 11.3 Å². The summed E-state index contributed by atoms with van der Waals surface area (Å²) in [6, 6.07) is 11.1. The monoisotopic (exact) mass is 441 g/mol. The van der Waals surface area contributed by atoms with Crippen molar-refractivity contribution in [2.75, 3.05) is 5.32 Å². The number of rotatable bonds is 14. The van der Waals surface area contributed by atoms with Crippen molar-refractivity contribution in [3.8, 4) is 0 Å². The third-order valence-electron chi connectivity index (χ3n) is 5.16. The van der Waals surface area contributed by atoms with E-state index in [2.05, 4.69) is 22.8 Å². The highest BCUT2D eigenvalue weighted by atomic mass is 32.1. The molecule has 0 spiro atoms. The number of benzene rings is 1. The Balaban J connectivity index is 1.64. The fraction of sp³-hybridized carbons (Fsp3) is 0.480. The first-order chi connectivity index (χ1) is 15.1. The van der Waals surface area contributed by atoms with Gasteiger partial charge < -0.3 is 5.32 Å². The Morgan fingerprint density at radius 2 is 1.55 bits per heavy atom. The molecule has 168 valence electrons. The molecule has 0 atom stereocenters. The maximum absolute atomic E-state index is 12.1. The Kier molecular flexibility index (Phi) is 11.6. The number of hydrogen-bond acceptors (Lipinski definition) is 4. The minimum Gasteiger partial charge on any atom is -0.321 e. The van der Waals surface area contributed by atoms with Crippen LogP contribution < -0.4 is 10.7 Å². The van der Waals surface area contributed by atoms with E-state index in [1.54, 1.807) is 6.07 Å². The molecule has 2 aromatic rings. The van der Waals surface area contributed by atoms with Crippen LogP contribution in [0.25, 0.3) is 0 Å². The van der Waals surface area contributed by atoms with E-state index in [4.69, 9.17) is 0 Å². The fourth-order valence-corrected chi connectivity index (χ4v) is 3.88. The van der Waals surface area contributed by atoms with Crippen molar-refractivity contribution in [2.45, 2.75) is 78.1 Å². The highest BCUT2D eigenvalue weighted by Gasteiger charge is 2.07. The topological polar surface area (TPSA) is 70.6 Å². The van der Waals surface area contributed by atoms with Gasteiger partial charge in [-0.1, -0.05) is 76.5 Å². The summed E-state index contributed by atoms with van der Waals surface area (Å²) in [4.78, 5) is 24.8. The van der Waals surface area contributed by atoms with Crippen LogP contribution in [0.5, 0.6) is 0 Å². The molecule has 1 aromatic heterocycles. The molecular weight excluding hydrogens is 406 g/mol. The van der Waals surface area contributed by atoms with Gasteiger partial charge in [0.05, 0.1) is 10.6 Å². The van der Waals surface area contributed by atoms with Crippen molar-refractivity contribution in [1.29, 1.82) is 0 Å². The van der Waals surface area contributed by atoms with Gasteiger partial charge in [0.25, 0.3) is 5.91 Å². The van der Waals surface area contributed by atoms with Crippen LogP contribution in [0.1, 0.15) is 93.3 Å². The van der Waals surface area contributed by atoms with Crippen molar-refractivity contribution < 1.29 is 9.59 Å². The molecule has 2 amide bonds. The fourth-order valence-electron chi connectivity index (χ4n) is 3.26. The second kappa shape index (κ2) is 14.5. The van der Waals surface area contributed by atoms with Gasteiger partial charge in [0, 0.05) is 12.1 Å². The Morgan fingerprint density at radius 3 is 2.16 bits per heavy atom. The van der Waals surface area contributed by atoms with E-state index in [-0.39, 0.29) is 11.8 Å². The first kappa shape index (κ1) is 24.8. The summed E-state index contributed by atoms with van der Waals surface area (Å²) in [7, 11) is 0. The summed E-state index contributed by atoms with van der Waals surface area (Å²) in [6.45, 7) is 4.10. The van der Waals surface area contributed by atoms with Gasteiger partial charge in [-0.15, -0.1) is 11.3 Å². The standard InChI is InChI=1S/C25H35N3O2S/c1-3-4-5-6-7-8-9-10-11-14-24(29)28-27-20(2)21-15-17-22(18-16-21)26-25(30)23-13-12-19-31-23/h12-13,15-19H,3-11,14H2,1-2H3,(H,26,30)(H,28,29). The normalized spacial score (nSPS) is 11.4. The maximum Gasteiger partial charge on any atom is 0.265 e. The molecule has 31 heavy (non-hydrogen) atoms. The Labute approximate surface area is 190 Å². The van der Waals surface area contributed by atoms with E-state index in [0.717, 1.165) is 29.8 Å². The van der Waals surface area contributed by atoms with Crippen LogP contribution in [0.3, 0.4) is 0 Å². The number of unbranched alkanes of at least 4 members (excludes halogenated alkanes) is 8. The van der Waals surface area contributed by atoms with Gasteiger partial charge in [-0.25, -0.2) is 5.43 Å². The van der Waals surface area contributed by atoms with E-state index >= 15 is 0 Å². The smallest absolute Gasteiger partial charge is 0.265 e. The summed E-state index contributed by atoms with van der Waals surface area (Å²) in [5.41, 5.74) is 5.01. The summed E-state index contributed by atoms with van der Waals surface area (Å²) in [6.07, 6.45) is 11.6. The van der Waals surface area contributed by atoms with Gasteiger partial charge in [0.15, 0.2) is 0 Å². The van der Waals surface area contributed by atoms with Crippen LogP contribution in [0, 0.1) is 0 Å². The molecule has 0 aliphatic carbocycles. The van der Waals surface area contributed by atoms with Crippen LogP contribution in [-0.2, 0) is 4.79 Å². The molecule has 1 heterocycles. The lowest BCUT2D eigenvalue weighted by Crippen LogP contribution is -2.18. The lowest BCUT2D eigenvalue weighted by molar-refractivity contribution is -0.121. The van der Waals surface area contributed by atoms with E-state index in [9.17, 15) is 9.59 Å². The number of nitrogens with zero attached hydrogens (tertiary/aromatic N) is 1.